The molecule has 0 spiro atoms. The molecule has 0 bridgehead atoms. The molecule has 0 aliphatic carbocycles. The number of benzene rings is 1. The summed E-state index contributed by atoms with van der Waals surface area (Å²) in [6.07, 6.45) is 2.24. The molecular weight excluding hydrogens is 279 g/mol. The van der Waals surface area contributed by atoms with E-state index in [9.17, 15) is 4.39 Å². The highest BCUT2D eigenvalue weighted by molar-refractivity contribution is 6.30. The first-order chi connectivity index (χ1) is 9.67. The number of nitrogens with two attached hydrogens (primary N) is 1. The average Bonchev–Trinajstić information content (AvgIpc) is 2.45. The minimum Gasteiger partial charge on any atom is -0.384 e. The van der Waals surface area contributed by atoms with E-state index in [1.54, 1.807) is 25.3 Å². The van der Waals surface area contributed by atoms with Gasteiger partial charge in [-0.1, -0.05) is 23.7 Å². The SMILES string of the molecule is COCC1CCCN(C(CN)c2cccc(Cl)c2F)C1. The van der Waals surface area contributed by atoms with Crippen molar-refractivity contribution in [2.24, 2.45) is 11.7 Å². The molecule has 1 fully saturated rings. The number of methoxy groups -OCH3 is 1. The maximum absolute atomic E-state index is 14.2. The summed E-state index contributed by atoms with van der Waals surface area (Å²) in [6, 6.07) is 5.00. The molecule has 0 aromatic heterocycles. The molecule has 0 saturated carbocycles. The van der Waals surface area contributed by atoms with Gasteiger partial charge in [0.15, 0.2) is 0 Å². The molecule has 5 heteroatoms. The molecule has 2 rings (SSSR count). The second kappa shape index (κ2) is 7.36. The number of rotatable bonds is 5. The first kappa shape index (κ1) is 15.7. The summed E-state index contributed by atoms with van der Waals surface area (Å²) in [5.74, 6) is 0.142. The number of piperidine rings is 1. The van der Waals surface area contributed by atoms with Crippen molar-refractivity contribution < 1.29 is 9.13 Å². The maximum atomic E-state index is 14.2. The van der Waals surface area contributed by atoms with E-state index >= 15 is 0 Å². The third kappa shape index (κ3) is 3.50. The average molecular weight is 301 g/mol. The van der Waals surface area contributed by atoms with Crippen LogP contribution in [0, 0.1) is 11.7 Å². The van der Waals surface area contributed by atoms with E-state index < -0.39 is 0 Å². The third-order valence-electron chi connectivity index (χ3n) is 3.96. The molecule has 2 N–H and O–H groups in total. The largest absolute Gasteiger partial charge is 0.384 e. The lowest BCUT2D eigenvalue weighted by atomic mass is 9.95. The molecule has 2 atom stereocenters. The van der Waals surface area contributed by atoms with Crippen LogP contribution >= 0.6 is 11.6 Å². The standard InChI is InChI=1S/C15H22ClFN2O/c1-20-10-11-4-3-7-19(9-11)14(8-18)12-5-2-6-13(16)15(12)17/h2,5-6,11,14H,3-4,7-10,18H2,1H3. The van der Waals surface area contributed by atoms with Crippen LogP contribution in [0.1, 0.15) is 24.4 Å². The summed E-state index contributed by atoms with van der Waals surface area (Å²) >= 11 is 5.88. The Morgan fingerprint density at radius 2 is 2.35 bits per heavy atom. The molecular formula is C15H22ClFN2O. The van der Waals surface area contributed by atoms with Crippen molar-refractivity contribution in [1.29, 1.82) is 0 Å². The van der Waals surface area contributed by atoms with E-state index in [-0.39, 0.29) is 16.9 Å². The minimum atomic E-state index is -0.349. The second-order valence-corrected chi connectivity index (χ2v) is 5.76. The Morgan fingerprint density at radius 3 is 3.05 bits per heavy atom. The van der Waals surface area contributed by atoms with E-state index in [4.69, 9.17) is 22.1 Å². The Bertz CT molecular complexity index is 442. The van der Waals surface area contributed by atoms with Crippen LogP contribution in [0.15, 0.2) is 18.2 Å². The molecule has 2 unspecified atom stereocenters. The van der Waals surface area contributed by atoms with E-state index in [0.717, 1.165) is 32.5 Å². The van der Waals surface area contributed by atoms with Crippen molar-refractivity contribution >= 4 is 11.6 Å². The molecule has 20 heavy (non-hydrogen) atoms. The Hall–Kier alpha value is -0.680. The number of hydrogen-bond acceptors (Lipinski definition) is 3. The normalized spacial score (nSPS) is 21.9. The molecule has 3 nitrogen and oxygen atoms in total. The van der Waals surface area contributed by atoms with E-state index in [2.05, 4.69) is 4.90 Å². The fourth-order valence-corrected chi connectivity index (χ4v) is 3.18. The lowest BCUT2D eigenvalue weighted by Gasteiger charge is -2.38. The Labute approximate surface area is 124 Å². The summed E-state index contributed by atoms with van der Waals surface area (Å²) in [6.45, 7) is 2.96. The number of nitrogens with zero attached hydrogens (tertiary/aromatic N) is 1. The van der Waals surface area contributed by atoms with Crippen LogP contribution in [0.5, 0.6) is 0 Å². The smallest absolute Gasteiger partial charge is 0.146 e. The van der Waals surface area contributed by atoms with E-state index in [1.807, 2.05) is 0 Å². The summed E-state index contributed by atoms with van der Waals surface area (Å²) in [7, 11) is 1.72. The van der Waals surface area contributed by atoms with E-state index in [0.29, 0.717) is 18.0 Å². The Morgan fingerprint density at radius 1 is 1.55 bits per heavy atom. The summed E-state index contributed by atoms with van der Waals surface area (Å²) in [5.41, 5.74) is 6.49. The number of ether oxygens (including phenoxy) is 1. The summed E-state index contributed by atoms with van der Waals surface area (Å²) in [5, 5.41) is 0.159. The fourth-order valence-electron chi connectivity index (χ4n) is 3.00. The number of hydrogen-bond donors (Lipinski definition) is 1. The van der Waals surface area contributed by atoms with Crippen LogP contribution in [-0.2, 0) is 4.74 Å². The molecule has 0 radical (unpaired) electrons. The maximum Gasteiger partial charge on any atom is 0.146 e. The lowest BCUT2D eigenvalue weighted by molar-refractivity contribution is 0.0688. The first-order valence-corrected chi connectivity index (χ1v) is 7.42. The van der Waals surface area contributed by atoms with Gasteiger partial charge in [0.05, 0.1) is 11.6 Å². The Balaban J connectivity index is 2.17. The van der Waals surface area contributed by atoms with Crippen molar-refractivity contribution in [2.75, 3.05) is 33.4 Å². The zero-order valence-electron chi connectivity index (χ0n) is 11.8. The summed E-state index contributed by atoms with van der Waals surface area (Å²) in [4.78, 5) is 2.25. The van der Waals surface area contributed by atoms with Crippen LogP contribution in [-0.4, -0.2) is 38.3 Å². The van der Waals surface area contributed by atoms with Gasteiger partial charge in [-0.25, -0.2) is 4.39 Å². The highest BCUT2D eigenvalue weighted by Gasteiger charge is 2.28. The predicted molar refractivity (Wildman–Crippen MR) is 79.4 cm³/mol. The van der Waals surface area contributed by atoms with Crippen LogP contribution in [0.3, 0.4) is 0 Å². The van der Waals surface area contributed by atoms with Crippen molar-refractivity contribution in [2.45, 2.75) is 18.9 Å². The molecule has 1 heterocycles. The molecule has 1 aromatic carbocycles. The van der Waals surface area contributed by atoms with Gasteiger partial charge >= 0.3 is 0 Å². The zero-order chi connectivity index (χ0) is 14.5. The van der Waals surface area contributed by atoms with Gasteiger partial charge in [0.25, 0.3) is 0 Å². The number of halogens is 2. The summed E-state index contributed by atoms with van der Waals surface area (Å²) < 4.78 is 19.4. The quantitative estimate of drug-likeness (QED) is 0.909. The third-order valence-corrected chi connectivity index (χ3v) is 4.25. The van der Waals surface area contributed by atoms with Crippen molar-refractivity contribution in [1.82, 2.24) is 4.90 Å². The molecule has 112 valence electrons. The monoisotopic (exact) mass is 300 g/mol. The van der Waals surface area contributed by atoms with Gasteiger partial charge in [-0.3, -0.25) is 4.90 Å². The fraction of sp³-hybridized carbons (Fsp3) is 0.600. The molecule has 1 aliphatic rings. The topological polar surface area (TPSA) is 38.5 Å². The van der Waals surface area contributed by atoms with Gasteiger partial charge in [-0.05, 0) is 31.4 Å². The van der Waals surface area contributed by atoms with Crippen LogP contribution in [0.2, 0.25) is 5.02 Å². The van der Waals surface area contributed by atoms with Gasteiger partial charge in [0, 0.05) is 31.8 Å². The van der Waals surface area contributed by atoms with Crippen molar-refractivity contribution in [3.8, 4) is 0 Å². The Kier molecular flexibility index (Phi) is 5.78. The highest BCUT2D eigenvalue weighted by Crippen LogP contribution is 2.30. The molecule has 0 amide bonds. The van der Waals surface area contributed by atoms with Crippen LogP contribution in [0.4, 0.5) is 4.39 Å². The lowest BCUT2D eigenvalue weighted by Crippen LogP contribution is -2.42. The van der Waals surface area contributed by atoms with Crippen LogP contribution in [0.25, 0.3) is 0 Å². The van der Waals surface area contributed by atoms with Crippen molar-refractivity contribution in [3.63, 3.8) is 0 Å². The van der Waals surface area contributed by atoms with Gasteiger partial charge < -0.3 is 10.5 Å². The van der Waals surface area contributed by atoms with Crippen molar-refractivity contribution in [3.05, 3.63) is 34.6 Å². The molecule has 1 aromatic rings. The first-order valence-electron chi connectivity index (χ1n) is 7.04. The molecule has 1 saturated heterocycles. The number of likely N-dealkylation sites (tertiary alicyclic amines) is 1. The van der Waals surface area contributed by atoms with Gasteiger partial charge in [-0.2, -0.15) is 0 Å². The molecule has 1 aliphatic heterocycles. The van der Waals surface area contributed by atoms with Gasteiger partial charge in [-0.15, -0.1) is 0 Å². The minimum absolute atomic E-state index is 0.117. The van der Waals surface area contributed by atoms with E-state index in [1.165, 1.54) is 0 Å². The van der Waals surface area contributed by atoms with Gasteiger partial charge in [0.2, 0.25) is 0 Å². The highest BCUT2D eigenvalue weighted by atomic mass is 35.5. The van der Waals surface area contributed by atoms with Crippen LogP contribution < -0.4 is 5.73 Å². The zero-order valence-corrected chi connectivity index (χ0v) is 12.6. The van der Waals surface area contributed by atoms with Gasteiger partial charge in [0.1, 0.15) is 5.82 Å². The predicted octanol–water partition coefficient (Wildman–Crippen LogP) is 2.84. The second-order valence-electron chi connectivity index (χ2n) is 5.35.